The summed E-state index contributed by atoms with van der Waals surface area (Å²) >= 11 is 0. The van der Waals surface area contributed by atoms with Gasteiger partial charge in [-0.15, -0.1) is 0 Å². The van der Waals surface area contributed by atoms with Crippen LogP contribution in [0.5, 0.6) is 0 Å². The van der Waals surface area contributed by atoms with Gasteiger partial charge in [-0.2, -0.15) is 0 Å². The van der Waals surface area contributed by atoms with Crippen LogP contribution < -0.4 is 9.62 Å². The highest BCUT2D eigenvalue weighted by atomic mass is 32.2. The van der Waals surface area contributed by atoms with Gasteiger partial charge < -0.3 is 4.90 Å². The number of hydrogen-bond donors (Lipinski definition) is 1. The lowest BCUT2D eigenvalue weighted by molar-refractivity contribution is 0.569. The average molecular weight is 480 g/mol. The molecule has 0 spiro atoms. The molecule has 2 aromatic heterocycles. The molecule has 0 aliphatic carbocycles. The Labute approximate surface area is 199 Å². The first kappa shape index (κ1) is 23.6. The van der Waals surface area contributed by atoms with Gasteiger partial charge in [0.05, 0.1) is 22.6 Å². The summed E-state index contributed by atoms with van der Waals surface area (Å²) in [5, 5.41) is 0. The van der Waals surface area contributed by atoms with Crippen molar-refractivity contribution in [2.45, 2.75) is 44.9 Å². The van der Waals surface area contributed by atoms with Gasteiger partial charge in [0, 0.05) is 24.8 Å². The summed E-state index contributed by atoms with van der Waals surface area (Å²) in [5.41, 5.74) is 3.36. The Kier molecular flexibility index (Phi) is 6.80. The molecule has 4 rings (SSSR count). The number of halogens is 1. The summed E-state index contributed by atoms with van der Waals surface area (Å²) in [6.07, 6.45) is 6.56. The zero-order valence-electron chi connectivity index (χ0n) is 19.4. The maximum absolute atomic E-state index is 14.3. The SMILES string of the molecule is Cc1ccc(S(=O)(=O)Nc2cc(C#Cc3c(C)ncnc3N3CCCCC3)cnc2C)c(F)c1. The third-order valence-corrected chi connectivity index (χ3v) is 7.11. The number of sulfonamides is 1. The van der Waals surface area contributed by atoms with Crippen LogP contribution in [0.3, 0.4) is 0 Å². The second-order valence-electron chi connectivity index (χ2n) is 8.35. The average Bonchev–Trinajstić information content (AvgIpc) is 2.80. The van der Waals surface area contributed by atoms with Crippen LogP contribution in [-0.4, -0.2) is 36.5 Å². The molecule has 1 aliphatic heterocycles. The van der Waals surface area contributed by atoms with Crippen LogP contribution in [-0.2, 0) is 10.0 Å². The monoisotopic (exact) mass is 479 g/mol. The predicted octanol–water partition coefficient (Wildman–Crippen LogP) is 4.13. The number of nitrogens with one attached hydrogen (secondary N) is 1. The first-order valence-corrected chi connectivity index (χ1v) is 12.6. The van der Waals surface area contributed by atoms with E-state index in [0.717, 1.165) is 43.0 Å². The lowest BCUT2D eigenvalue weighted by Gasteiger charge is -2.28. The zero-order valence-corrected chi connectivity index (χ0v) is 20.2. The number of aromatic nitrogens is 3. The molecule has 0 amide bonds. The molecule has 0 unspecified atom stereocenters. The van der Waals surface area contributed by atoms with Gasteiger partial charge in [0.15, 0.2) is 0 Å². The molecule has 1 fully saturated rings. The van der Waals surface area contributed by atoms with Crippen molar-refractivity contribution in [3.05, 3.63) is 70.7 Å². The van der Waals surface area contributed by atoms with Gasteiger partial charge in [0.2, 0.25) is 0 Å². The number of hydrogen-bond acceptors (Lipinski definition) is 6. The summed E-state index contributed by atoms with van der Waals surface area (Å²) in [5.74, 6) is 6.23. The van der Waals surface area contributed by atoms with E-state index in [0.29, 0.717) is 16.8 Å². The fourth-order valence-electron chi connectivity index (χ4n) is 3.82. The number of rotatable bonds is 4. The summed E-state index contributed by atoms with van der Waals surface area (Å²) in [6, 6.07) is 5.58. The van der Waals surface area contributed by atoms with Crippen molar-refractivity contribution in [1.82, 2.24) is 15.0 Å². The van der Waals surface area contributed by atoms with Crippen molar-refractivity contribution in [2.75, 3.05) is 22.7 Å². The Morgan fingerprint density at radius 1 is 0.971 bits per heavy atom. The zero-order chi connectivity index (χ0) is 24.3. The number of benzene rings is 1. The number of anilines is 2. The standard InChI is InChI=1S/C25H26FN5O2S/c1-17-7-10-24(22(26)13-17)34(32,33)30-23-14-20(15-27-19(23)3)8-9-21-18(2)28-16-29-25(21)31-11-5-4-6-12-31/h7,10,13-16,30H,4-6,11-12H2,1-3H3. The van der Waals surface area contributed by atoms with Crippen LogP contribution >= 0.6 is 0 Å². The topological polar surface area (TPSA) is 88.1 Å². The van der Waals surface area contributed by atoms with Gasteiger partial charge in [0.1, 0.15) is 22.9 Å². The lowest BCUT2D eigenvalue weighted by Crippen LogP contribution is -2.31. The molecular formula is C25H26FN5O2S. The molecule has 3 heterocycles. The molecule has 34 heavy (non-hydrogen) atoms. The minimum absolute atomic E-state index is 0.240. The quantitative estimate of drug-likeness (QED) is 0.566. The highest BCUT2D eigenvalue weighted by Gasteiger charge is 2.21. The third-order valence-electron chi connectivity index (χ3n) is 5.71. The van der Waals surface area contributed by atoms with Crippen molar-refractivity contribution >= 4 is 21.5 Å². The number of piperidine rings is 1. The van der Waals surface area contributed by atoms with Crippen LogP contribution in [0.15, 0.2) is 41.7 Å². The van der Waals surface area contributed by atoms with E-state index in [1.807, 2.05) is 6.92 Å². The van der Waals surface area contributed by atoms with E-state index < -0.39 is 20.7 Å². The van der Waals surface area contributed by atoms with Gasteiger partial charge in [-0.1, -0.05) is 17.9 Å². The molecule has 0 saturated carbocycles. The van der Waals surface area contributed by atoms with Crippen LogP contribution in [0, 0.1) is 38.4 Å². The molecule has 7 nitrogen and oxygen atoms in total. The second kappa shape index (κ2) is 9.77. The fourth-order valence-corrected chi connectivity index (χ4v) is 4.98. The summed E-state index contributed by atoms with van der Waals surface area (Å²) < 4.78 is 42.3. The molecule has 0 bridgehead atoms. The van der Waals surface area contributed by atoms with Gasteiger partial charge in [-0.05, 0) is 63.8 Å². The molecule has 1 aliphatic rings. The van der Waals surface area contributed by atoms with E-state index in [4.69, 9.17) is 0 Å². The van der Waals surface area contributed by atoms with Gasteiger partial charge in [-0.25, -0.2) is 22.8 Å². The second-order valence-corrected chi connectivity index (χ2v) is 10.0. The number of nitrogens with zero attached hydrogens (tertiary/aromatic N) is 4. The Balaban J connectivity index is 1.65. The Morgan fingerprint density at radius 2 is 1.74 bits per heavy atom. The molecule has 0 radical (unpaired) electrons. The maximum atomic E-state index is 14.3. The summed E-state index contributed by atoms with van der Waals surface area (Å²) in [4.78, 5) is 14.8. The summed E-state index contributed by atoms with van der Waals surface area (Å²) in [7, 11) is -4.13. The molecule has 9 heteroatoms. The predicted molar refractivity (Wildman–Crippen MR) is 130 cm³/mol. The number of pyridine rings is 1. The highest BCUT2D eigenvalue weighted by Crippen LogP contribution is 2.24. The normalized spacial score (nSPS) is 13.8. The maximum Gasteiger partial charge on any atom is 0.264 e. The van der Waals surface area contributed by atoms with E-state index >= 15 is 0 Å². The fraction of sp³-hybridized carbons (Fsp3) is 0.320. The van der Waals surface area contributed by atoms with Crippen LogP contribution in [0.2, 0.25) is 0 Å². The molecule has 176 valence electrons. The molecule has 0 atom stereocenters. The molecule has 3 aromatic rings. The van der Waals surface area contributed by atoms with Gasteiger partial charge in [-0.3, -0.25) is 9.71 Å². The van der Waals surface area contributed by atoms with Crippen LogP contribution in [0.4, 0.5) is 15.9 Å². The largest absolute Gasteiger partial charge is 0.355 e. The van der Waals surface area contributed by atoms with Crippen LogP contribution in [0.1, 0.15) is 47.3 Å². The molecule has 1 aromatic carbocycles. The minimum atomic E-state index is -4.13. The van der Waals surface area contributed by atoms with Crippen molar-refractivity contribution in [1.29, 1.82) is 0 Å². The van der Waals surface area contributed by atoms with E-state index in [2.05, 4.69) is 36.4 Å². The summed E-state index contributed by atoms with van der Waals surface area (Å²) in [6.45, 7) is 7.11. The lowest BCUT2D eigenvalue weighted by atomic mass is 10.1. The van der Waals surface area contributed by atoms with Gasteiger partial charge in [0.25, 0.3) is 10.0 Å². The number of aryl methyl sites for hydroxylation is 3. The first-order valence-electron chi connectivity index (χ1n) is 11.1. The minimum Gasteiger partial charge on any atom is -0.355 e. The highest BCUT2D eigenvalue weighted by molar-refractivity contribution is 7.92. The van der Waals surface area contributed by atoms with E-state index in [9.17, 15) is 12.8 Å². The van der Waals surface area contributed by atoms with E-state index in [1.165, 1.54) is 18.6 Å². The van der Waals surface area contributed by atoms with Crippen molar-refractivity contribution in [3.63, 3.8) is 0 Å². The smallest absolute Gasteiger partial charge is 0.264 e. The third kappa shape index (κ3) is 5.18. The van der Waals surface area contributed by atoms with Gasteiger partial charge >= 0.3 is 0 Å². The Bertz CT molecular complexity index is 1390. The Hall–Kier alpha value is -3.51. The van der Waals surface area contributed by atoms with Crippen molar-refractivity contribution < 1.29 is 12.8 Å². The molecular weight excluding hydrogens is 453 g/mol. The van der Waals surface area contributed by atoms with E-state index in [-0.39, 0.29) is 5.69 Å². The first-order chi connectivity index (χ1) is 16.2. The van der Waals surface area contributed by atoms with Crippen LogP contribution in [0.25, 0.3) is 0 Å². The molecule has 1 saturated heterocycles. The van der Waals surface area contributed by atoms with E-state index in [1.54, 1.807) is 38.5 Å². The van der Waals surface area contributed by atoms with Crippen molar-refractivity contribution in [2.24, 2.45) is 0 Å². The van der Waals surface area contributed by atoms with Crippen molar-refractivity contribution in [3.8, 4) is 11.8 Å². The Morgan fingerprint density at radius 3 is 2.47 bits per heavy atom. The molecule has 1 N–H and O–H groups in total.